The molecule has 1 N–H and O–H groups in total. The SMILES string of the molecule is O=S(=O)(NCCc1nn2cnnc2s1)c1ccc2c(c1)CCCC2. The molecule has 1 aliphatic rings. The van der Waals surface area contributed by atoms with Crippen molar-refractivity contribution in [3.63, 3.8) is 0 Å². The van der Waals surface area contributed by atoms with E-state index in [1.54, 1.807) is 10.6 Å². The molecule has 126 valence electrons. The molecule has 0 saturated carbocycles. The number of fused-ring (bicyclic) bond motifs is 2. The number of hydrogen-bond donors (Lipinski definition) is 1. The average molecular weight is 363 g/mol. The molecule has 0 spiro atoms. The number of sulfonamides is 1. The first-order chi connectivity index (χ1) is 11.6. The van der Waals surface area contributed by atoms with Gasteiger partial charge in [-0.05, 0) is 48.9 Å². The van der Waals surface area contributed by atoms with E-state index in [4.69, 9.17) is 0 Å². The maximum Gasteiger partial charge on any atom is 0.240 e. The molecule has 0 saturated heterocycles. The van der Waals surface area contributed by atoms with Crippen LogP contribution in [-0.4, -0.2) is 34.8 Å². The Morgan fingerprint density at radius 2 is 2.04 bits per heavy atom. The molecule has 3 aromatic rings. The van der Waals surface area contributed by atoms with Gasteiger partial charge in [-0.3, -0.25) is 0 Å². The largest absolute Gasteiger partial charge is 0.240 e. The Morgan fingerprint density at radius 3 is 2.88 bits per heavy atom. The minimum atomic E-state index is -3.49. The van der Waals surface area contributed by atoms with Gasteiger partial charge in [0.25, 0.3) is 0 Å². The molecule has 0 bridgehead atoms. The van der Waals surface area contributed by atoms with E-state index in [-0.39, 0.29) is 0 Å². The molecule has 4 rings (SSSR count). The average Bonchev–Trinajstić information content (AvgIpc) is 3.16. The van der Waals surface area contributed by atoms with E-state index in [9.17, 15) is 8.42 Å². The van der Waals surface area contributed by atoms with Gasteiger partial charge in [0.1, 0.15) is 11.3 Å². The fourth-order valence-corrected chi connectivity index (χ4v) is 4.85. The third-order valence-electron chi connectivity index (χ3n) is 4.19. The molecule has 9 heteroatoms. The lowest BCUT2D eigenvalue weighted by Crippen LogP contribution is -2.26. The van der Waals surface area contributed by atoms with Crippen LogP contribution < -0.4 is 4.72 Å². The number of nitrogens with one attached hydrogen (secondary N) is 1. The summed E-state index contributed by atoms with van der Waals surface area (Å²) in [5.41, 5.74) is 2.44. The van der Waals surface area contributed by atoms with Crippen molar-refractivity contribution in [3.05, 3.63) is 40.7 Å². The van der Waals surface area contributed by atoms with Gasteiger partial charge < -0.3 is 0 Å². The van der Waals surface area contributed by atoms with Gasteiger partial charge in [-0.25, -0.2) is 13.1 Å². The molecule has 0 radical (unpaired) electrons. The van der Waals surface area contributed by atoms with Crippen molar-refractivity contribution in [1.29, 1.82) is 0 Å². The van der Waals surface area contributed by atoms with Gasteiger partial charge in [-0.15, -0.1) is 10.2 Å². The maximum absolute atomic E-state index is 12.5. The van der Waals surface area contributed by atoms with E-state index in [2.05, 4.69) is 20.0 Å². The molecule has 24 heavy (non-hydrogen) atoms. The highest BCUT2D eigenvalue weighted by atomic mass is 32.2. The minimum absolute atomic E-state index is 0.309. The van der Waals surface area contributed by atoms with Crippen LogP contribution in [0.2, 0.25) is 0 Å². The van der Waals surface area contributed by atoms with Crippen molar-refractivity contribution in [3.8, 4) is 0 Å². The van der Waals surface area contributed by atoms with Crippen molar-refractivity contribution in [2.24, 2.45) is 0 Å². The molecule has 0 atom stereocenters. The zero-order chi connectivity index (χ0) is 16.6. The molecule has 0 aliphatic heterocycles. The quantitative estimate of drug-likeness (QED) is 0.743. The maximum atomic E-state index is 12.5. The second kappa shape index (κ2) is 6.23. The first-order valence-corrected chi connectivity index (χ1v) is 10.2. The number of hydrogen-bond acceptors (Lipinski definition) is 6. The van der Waals surface area contributed by atoms with E-state index in [0.29, 0.717) is 22.8 Å². The predicted molar refractivity (Wildman–Crippen MR) is 90.6 cm³/mol. The zero-order valence-corrected chi connectivity index (χ0v) is 14.6. The van der Waals surface area contributed by atoms with Crippen LogP contribution in [0.15, 0.2) is 29.4 Å². The Bertz CT molecular complexity index is 948. The number of aryl methyl sites for hydroxylation is 2. The van der Waals surface area contributed by atoms with Gasteiger partial charge in [-0.2, -0.15) is 9.61 Å². The zero-order valence-electron chi connectivity index (χ0n) is 13.0. The summed E-state index contributed by atoms with van der Waals surface area (Å²) in [4.78, 5) is 1.06. The molecule has 1 aromatic carbocycles. The van der Waals surface area contributed by atoms with Gasteiger partial charge in [-0.1, -0.05) is 17.4 Å². The highest BCUT2D eigenvalue weighted by Gasteiger charge is 2.17. The summed E-state index contributed by atoms with van der Waals surface area (Å²) in [7, 11) is -3.49. The first kappa shape index (κ1) is 15.7. The highest BCUT2D eigenvalue weighted by Crippen LogP contribution is 2.24. The van der Waals surface area contributed by atoms with Gasteiger partial charge in [0.15, 0.2) is 0 Å². The lowest BCUT2D eigenvalue weighted by atomic mass is 9.92. The second-order valence-electron chi connectivity index (χ2n) is 5.84. The summed E-state index contributed by atoms with van der Waals surface area (Å²) in [6.07, 6.45) is 6.38. The van der Waals surface area contributed by atoms with Crippen LogP contribution in [0.5, 0.6) is 0 Å². The van der Waals surface area contributed by atoms with E-state index in [0.717, 1.165) is 29.8 Å². The van der Waals surface area contributed by atoms with Gasteiger partial charge >= 0.3 is 0 Å². The summed E-state index contributed by atoms with van der Waals surface area (Å²) in [6.45, 7) is 0.309. The van der Waals surface area contributed by atoms with Crippen molar-refractivity contribution in [2.75, 3.05) is 6.54 Å². The third-order valence-corrected chi connectivity index (χ3v) is 6.62. The Hall–Kier alpha value is -1.84. The van der Waals surface area contributed by atoms with E-state index < -0.39 is 10.0 Å². The third kappa shape index (κ3) is 3.06. The second-order valence-corrected chi connectivity index (χ2v) is 8.65. The van der Waals surface area contributed by atoms with Crippen molar-refractivity contribution < 1.29 is 8.42 Å². The summed E-state index contributed by atoms with van der Waals surface area (Å²) in [6, 6.07) is 5.47. The van der Waals surface area contributed by atoms with Crippen LogP contribution in [0.25, 0.3) is 4.96 Å². The molecule has 2 heterocycles. The summed E-state index contributed by atoms with van der Waals surface area (Å²) in [5, 5.41) is 12.8. The Balaban J connectivity index is 1.44. The molecular weight excluding hydrogens is 346 g/mol. The minimum Gasteiger partial charge on any atom is -0.211 e. The van der Waals surface area contributed by atoms with Crippen molar-refractivity contribution in [1.82, 2.24) is 24.5 Å². The standard InChI is InChI=1S/C15H17N5O2S2/c21-24(22,13-6-5-11-3-1-2-4-12(11)9-13)17-8-7-14-19-20-10-16-18-15(20)23-14/h5-6,9-10,17H,1-4,7-8H2. The normalized spacial score (nSPS) is 14.8. The Kier molecular flexibility index (Phi) is 4.07. The molecule has 0 unspecified atom stereocenters. The monoisotopic (exact) mass is 363 g/mol. The van der Waals surface area contributed by atoms with Crippen molar-refractivity contribution in [2.45, 2.75) is 37.0 Å². The fraction of sp³-hybridized carbons (Fsp3) is 0.400. The fourth-order valence-electron chi connectivity index (χ4n) is 2.95. The lowest BCUT2D eigenvalue weighted by molar-refractivity contribution is 0.580. The predicted octanol–water partition coefficient (Wildman–Crippen LogP) is 1.59. The molecule has 1 aliphatic carbocycles. The number of benzene rings is 1. The summed E-state index contributed by atoms with van der Waals surface area (Å²) in [5.74, 6) is 0. The summed E-state index contributed by atoms with van der Waals surface area (Å²) >= 11 is 1.41. The van der Waals surface area contributed by atoms with Crippen LogP contribution in [-0.2, 0) is 29.3 Å². The van der Waals surface area contributed by atoms with E-state index in [1.165, 1.54) is 29.6 Å². The Labute approximate surface area is 143 Å². The van der Waals surface area contributed by atoms with Gasteiger partial charge in [0.05, 0.1) is 4.90 Å². The molecule has 0 fully saturated rings. The Morgan fingerprint density at radius 1 is 1.21 bits per heavy atom. The molecular formula is C15H17N5O2S2. The van der Waals surface area contributed by atoms with Crippen LogP contribution in [0, 0.1) is 0 Å². The molecule has 0 amide bonds. The van der Waals surface area contributed by atoms with E-state index >= 15 is 0 Å². The number of aromatic nitrogens is 4. The van der Waals surface area contributed by atoms with Crippen LogP contribution in [0.4, 0.5) is 0 Å². The van der Waals surface area contributed by atoms with Gasteiger partial charge in [0, 0.05) is 13.0 Å². The van der Waals surface area contributed by atoms with E-state index in [1.807, 2.05) is 12.1 Å². The first-order valence-electron chi connectivity index (χ1n) is 7.89. The molecule has 2 aromatic heterocycles. The topological polar surface area (TPSA) is 89.2 Å². The molecule has 7 nitrogen and oxygen atoms in total. The van der Waals surface area contributed by atoms with Crippen LogP contribution in [0.1, 0.15) is 29.0 Å². The van der Waals surface area contributed by atoms with Crippen LogP contribution in [0.3, 0.4) is 0 Å². The van der Waals surface area contributed by atoms with Crippen molar-refractivity contribution >= 4 is 26.3 Å². The van der Waals surface area contributed by atoms with Gasteiger partial charge in [0.2, 0.25) is 15.0 Å². The smallest absolute Gasteiger partial charge is 0.211 e. The number of nitrogens with zero attached hydrogens (tertiary/aromatic N) is 4. The number of rotatable bonds is 5. The summed E-state index contributed by atoms with van der Waals surface area (Å²) < 4.78 is 29.2. The van der Waals surface area contributed by atoms with Crippen LogP contribution >= 0.6 is 11.3 Å². The lowest BCUT2D eigenvalue weighted by Gasteiger charge is -2.16. The highest BCUT2D eigenvalue weighted by molar-refractivity contribution is 7.89.